The van der Waals surface area contributed by atoms with E-state index in [4.69, 9.17) is 0 Å². The first-order valence-corrected chi connectivity index (χ1v) is 11.1. The fourth-order valence-corrected chi connectivity index (χ4v) is 4.28. The Labute approximate surface area is 170 Å². The van der Waals surface area contributed by atoms with Gasteiger partial charge in [0, 0.05) is 0 Å². The average molecular weight is 426 g/mol. The van der Waals surface area contributed by atoms with Crippen LogP contribution in [0.3, 0.4) is 0 Å². The quantitative estimate of drug-likeness (QED) is 0.483. The average Bonchev–Trinajstić information content (AvgIpc) is 2.70. The number of hydrogen-bond donors (Lipinski definition) is 1. The highest BCUT2D eigenvalue weighted by Crippen LogP contribution is 2.33. The Balaban J connectivity index is 2.48. The minimum absolute atomic E-state index is 0.114. The molecule has 3 nitrogen and oxygen atoms in total. The number of halogens is 3. The standard InChI is InChI=1S/C22H26F3NO2S/c1-3-5-10-17(9-4-2)21(18-13-15-19(16-14-18)22(23,24)25)26-29(27,28)20-11-7-6-8-12-20/h6-8,10-16,21,26H,3-5,9H2,1-2H3/b17-10-/t21-/m1/s1. The van der Waals surface area contributed by atoms with Gasteiger partial charge in [-0.05, 0) is 42.7 Å². The molecule has 0 saturated heterocycles. The highest BCUT2D eigenvalue weighted by atomic mass is 32.2. The Kier molecular flexibility index (Phi) is 8.05. The van der Waals surface area contributed by atoms with Crippen molar-refractivity contribution in [1.82, 2.24) is 4.72 Å². The van der Waals surface area contributed by atoms with Crippen LogP contribution in [0.25, 0.3) is 0 Å². The Morgan fingerprint density at radius 1 is 1.00 bits per heavy atom. The number of allylic oxidation sites excluding steroid dienone is 1. The van der Waals surface area contributed by atoms with Crippen LogP contribution in [0.1, 0.15) is 56.7 Å². The van der Waals surface area contributed by atoms with E-state index in [1.54, 1.807) is 18.2 Å². The molecule has 0 aliphatic heterocycles. The number of sulfonamides is 1. The third-order valence-corrected chi connectivity index (χ3v) is 5.94. The predicted molar refractivity (Wildman–Crippen MR) is 109 cm³/mol. The maximum Gasteiger partial charge on any atom is 0.416 e. The van der Waals surface area contributed by atoms with Gasteiger partial charge in [-0.25, -0.2) is 8.42 Å². The van der Waals surface area contributed by atoms with Crippen molar-refractivity contribution < 1.29 is 21.6 Å². The Morgan fingerprint density at radius 2 is 1.62 bits per heavy atom. The van der Waals surface area contributed by atoms with E-state index in [-0.39, 0.29) is 4.90 Å². The molecule has 0 amide bonds. The maximum atomic E-state index is 12.9. The number of hydrogen-bond acceptors (Lipinski definition) is 2. The van der Waals surface area contributed by atoms with Gasteiger partial charge in [-0.2, -0.15) is 17.9 Å². The van der Waals surface area contributed by atoms with Gasteiger partial charge < -0.3 is 0 Å². The minimum atomic E-state index is -4.44. The van der Waals surface area contributed by atoms with E-state index in [0.717, 1.165) is 37.0 Å². The Morgan fingerprint density at radius 3 is 2.14 bits per heavy atom. The van der Waals surface area contributed by atoms with Gasteiger partial charge >= 0.3 is 6.18 Å². The molecule has 7 heteroatoms. The molecule has 0 saturated carbocycles. The third-order valence-electron chi connectivity index (χ3n) is 4.50. The molecule has 2 rings (SSSR count). The fraction of sp³-hybridized carbons (Fsp3) is 0.364. The molecule has 0 aliphatic rings. The fourth-order valence-electron chi connectivity index (χ4n) is 3.03. The van der Waals surface area contributed by atoms with Gasteiger partial charge in [0.15, 0.2) is 0 Å². The molecule has 0 aromatic heterocycles. The molecule has 2 aromatic carbocycles. The summed E-state index contributed by atoms with van der Waals surface area (Å²) in [4.78, 5) is 0.114. The molecular formula is C22H26F3NO2S. The maximum absolute atomic E-state index is 12.9. The molecule has 0 spiro atoms. The monoisotopic (exact) mass is 425 g/mol. The molecule has 1 N–H and O–H groups in total. The molecule has 0 unspecified atom stereocenters. The van der Waals surface area contributed by atoms with Crippen LogP contribution in [0.2, 0.25) is 0 Å². The van der Waals surface area contributed by atoms with Crippen molar-refractivity contribution >= 4 is 10.0 Å². The smallest absolute Gasteiger partial charge is 0.207 e. The van der Waals surface area contributed by atoms with Crippen LogP contribution in [-0.4, -0.2) is 8.42 Å². The molecule has 2 aromatic rings. The van der Waals surface area contributed by atoms with Crippen LogP contribution in [0, 0.1) is 0 Å². The van der Waals surface area contributed by atoms with Crippen LogP contribution in [0.15, 0.2) is 71.1 Å². The summed E-state index contributed by atoms with van der Waals surface area (Å²) in [5.41, 5.74) is 0.572. The topological polar surface area (TPSA) is 46.2 Å². The summed E-state index contributed by atoms with van der Waals surface area (Å²) in [6.45, 7) is 4.00. The Bertz CT molecular complexity index is 905. The zero-order chi connectivity index (χ0) is 21.5. The summed E-state index contributed by atoms with van der Waals surface area (Å²) in [5, 5.41) is 0. The van der Waals surface area contributed by atoms with E-state index < -0.39 is 27.8 Å². The van der Waals surface area contributed by atoms with Gasteiger partial charge in [0.25, 0.3) is 0 Å². The zero-order valence-electron chi connectivity index (χ0n) is 16.5. The van der Waals surface area contributed by atoms with E-state index in [0.29, 0.717) is 12.0 Å². The molecule has 0 fully saturated rings. The Hall–Kier alpha value is -2.12. The van der Waals surface area contributed by atoms with Crippen molar-refractivity contribution in [3.8, 4) is 0 Å². The van der Waals surface area contributed by atoms with Crippen molar-refractivity contribution in [2.45, 2.75) is 56.6 Å². The number of rotatable bonds is 9. The third kappa shape index (κ3) is 6.44. The second-order valence-electron chi connectivity index (χ2n) is 6.80. The highest BCUT2D eigenvalue weighted by Gasteiger charge is 2.31. The van der Waals surface area contributed by atoms with Gasteiger partial charge in [0.1, 0.15) is 0 Å². The van der Waals surface area contributed by atoms with Crippen molar-refractivity contribution in [2.24, 2.45) is 0 Å². The van der Waals surface area contributed by atoms with Crippen molar-refractivity contribution in [2.75, 3.05) is 0 Å². The zero-order valence-corrected chi connectivity index (χ0v) is 17.4. The second-order valence-corrected chi connectivity index (χ2v) is 8.52. The van der Waals surface area contributed by atoms with Crippen LogP contribution in [0.4, 0.5) is 13.2 Å². The number of nitrogens with one attached hydrogen (secondary N) is 1. The summed E-state index contributed by atoms with van der Waals surface area (Å²) in [7, 11) is -3.85. The highest BCUT2D eigenvalue weighted by molar-refractivity contribution is 7.89. The molecule has 0 heterocycles. The first-order valence-electron chi connectivity index (χ1n) is 9.62. The SMILES string of the molecule is CCC/C=C(/CCC)[C@@H](NS(=O)(=O)c1ccccc1)c1ccc(C(F)(F)F)cc1. The second kappa shape index (κ2) is 10.1. The number of unbranched alkanes of at least 4 members (excludes halogenated alkanes) is 1. The summed E-state index contributed by atoms with van der Waals surface area (Å²) in [6.07, 6.45) is 0.627. The summed E-state index contributed by atoms with van der Waals surface area (Å²) < 4.78 is 67.3. The summed E-state index contributed by atoms with van der Waals surface area (Å²) in [5.74, 6) is 0. The lowest BCUT2D eigenvalue weighted by Gasteiger charge is -2.23. The first kappa shape index (κ1) is 23.2. The van der Waals surface area contributed by atoms with Crippen LogP contribution < -0.4 is 4.72 Å². The number of alkyl halides is 3. The van der Waals surface area contributed by atoms with E-state index >= 15 is 0 Å². The lowest BCUT2D eigenvalue weighted by Crippen LogP contribution is -2.30. The van der Waals surface area contributed by atoms with Crippen LogP contribution in [-0.2, 0) is 16.2 Å². The normalized spacial score (nSPS) is 14.0. The van der Waals surface area contributed by atoms with Gasteiger partial charge in [-0.3, -0.25) is 0 Å². The molecule has 29 heavy (non-hydrogen) atoms. The molecule has 0 bridgehead atoms. The lowest BCUT2D eigenvalue weighted by molar-refractivity contribution is -0.137. The van der Waals surface area contributed by atoms with Crippen molar-refractivity contribution in [3.63, 3.8) is 0 Å². The van der Waals surface area contributed by atoms with Crippen LogP contribution in [0.5, 0.6) is 0 Å². The van der Waals surface area contributed by atoms with E-state index in [1.807, 2.05) is 19.9 Å². The summed E-state index contributed by atoms with van der Waals surface area (Å²) in [6, 6.07) is 11.9. The molecule has 158 valence electrons. The van der Waals surface area contributed by atoms with Gasteiger partial charge in [0.05, 0.1) is 16.5 Å². The van der Waals surface area contributed by atoms with Crippen LogP contribution >= 0.6 is 0 Å². The van der Waals surface area contributed by atoms with Gasteiger partial charge in [0.2, 0.25) is 10.0 Å². The lowest BCUT2D eigenvalue weighted by atomic mass is 9.94. The van der Waals surface area contributed by atoms with Gasteiger partial charge in [-0.15, -0.1) is 0 Å². The number of benzene rings is 2. The van der Waals surface area contributed by atoms with E-state index in [2.05, 4.69) is 4.72 Å². The summed E-state index contributed by atoms with van der Waals surface area (Å²) >= 11 is 0. The first-order chi connectivity index (χ1) is 13.7. The van der Waals surface area contributed by atoms with E-state index in [1.165, 1.54) is 24.3 Å². The molecule has 1 atom stereocenters. The molecule has 0 aliphatic carbocycles. The predicted octanol–water partition coefficient (Wildman–Crippen LogP) is 6.25. The molecule has 0 radical (unpaired) electrons. The largest absolute Gasteiger partial charge is 0.416 e. The molecular weight excluding hydrogens is 399 g/mol. The van der Waals surface area contributed by atoms with Crippen molar-refractivity contribution in [3.05, 3.63) is 77.4 Å². The van der Waals surface area contributed by atoms with E-state index in [9.17, 15) is 21.6 Å². The van der Waals surface area contributed by atoms with Gasteiger partial charge in [-0.1, -0.05) is 68.7 Å². The minimum Gasteiger partial charge on any atom is -0.207 e. The van der Waals surface area contributed by atoms with Crippen molar-refractivity contribution in [1.29, 1.82) is 0 Å².